The van der Waals surface area contributed by atoms with Crippen LogP contribution in [0.1, 0.15) is 69.9 Å². The Hall–Kier alpha value is -2.89. The third kappa shape index (κ3) is 6.84. The van der Waals surface area contributed by atoms with E-state index in [4.69, 9.17) is 4.74 Å². The van der Waals surface area contributed by atoms with Gasteiger partial charge in [0, 0.05) is 24.5 Å². The number of benzene rings is 3. The number of piperidine rings is 2. The summed E-state index contributed by atoms with van der Waals surface area (Å²) in [6.07, 6.45) is 9.42. The number of nitrogens with zero attached hydrogens (tertiary/aromatic N) is 3. The van der Waals surface area contributed by atoms with Gasteiger partial charge in [0.25, 0.3) is 0 Å². The molecule has 0 radical (unpaired) electrons. The molecule has 0 spiro atoms. The number of amides is 1. The maximum absolute atomic E-state index is 13.6. The Balaban J connectivity index is 1.15. The van der Waals surface area contributed by atoms with Gasteiger partial charge < -0.3 is 19.4 Å². The number of fused-ring (bicyclic) bond motifs is 1. The summed E-state index contributed by atoms with van der Waals surface area (Å²) in [6.45, 7) is 11.8. The highest BCUT2D eigenvalue weighted by molar-refractivity contribution is 5.83. The summed E-state index contributed by atoms with van der Waals surface area (Å²) in [6, 6.07) is 24.5. The van der Waals surface area contributed by atoms with Gasteiger partial charge in [-0.1, -0.05) is 61.0 Å². The van der Waals surface area contributed by atoms with Gasteiger partial charge in [0.05, 0.1) is 12.5 Å². The SMILES string of the molecule is CC(C)Oc1cccc(CC(=O)N2CCC(CCN3CCC(N4CCCCC4)CC3)(c3ccc4ccccc4c3)C2)c1. The topological polar surface area (TPSA) is 36.0 Å². The van der Waals surface area contributed by atoms with Crippen molar-refractivity contribution in [1.82, 2.24) is 14.7 Å². The number of likely N-dealkylation sites (tertiary alicyclic amines) is 3. The summed E-state index contributed by atoms with van der Waals surface area (Å²) in [4.78, 5) is 21.2. The van der Waals surface area contributed by atoms with Crippen LogP contribution >= 0.6 is 0 Å². The Morgan fingerprint density at radius 2 is 1.67 bits per heavy atom. The van der Waals surface area contributed by atoms with E-state index < -0.39 is 0 Å². The average molecular weight is 568 g/mol. The fourth-order valence-electron chi connectivity index (χ4n) is 7.64. The molecule has 3 fully saturated rings. The molecule has 0 N–H and O–H groups in total. The van der Waals surface area contributed by atoms with Crippen LogP contribution < -0.4 is 4.74 Å². The van der Waals surface area contributed by atoms with Crippen molar-refractivity contribution in [3.63, 3.8) is 0 Å². The van der Waals surface area contributed by atoms with Gasteiger partial charge in [-0.2, -0.15) is 0 Å². The molecule has 6 rings (SSSR count). The number of carbonyl (C=O) groups is 1. The molecular formula is C37H49N3O2. The van der Waals surface area contributed by atoms with E-state index in [-0.39, 0.29) is 17.4 Å². The predicted octanol–water partition coefficient (Wildman–Crippen LogP) is 6.68. The second-order valence-electron chi connectivity index (χ2n) is 13.3. The van der Waals surface area contributed by atoms with E-state index in [9.17, 15) is 4.79 Å². The second-order valence-corrected chi connectivity index (χ2v) is 13.3. The lowest BCUT2D eigenvalue weighted by molar-refractivity contribution is -0.129. The van der Waals surface area contributed by atoms with E-state index in [2.05, 4.69) is 57.2 Å². The lowest BCUT2D eigenvalue weighted by atomic mass is 9.76. The van der Waals surface area contributed by atoms with Crippen LogP contribution in [0.5, 0.6) is 5.75 Å². The number of carbonyl (C=O) groups excluding carboxylic acids is 1. The molecule has 42 heavy (non-hydrogen) atoms. The van der Waals surface area contributed by atoms with E-state index in [1.54, 1.807) is 0 Å². The number of hydrogen-bond acceptors (Lipinski definition) is 4. The molecule has 0 aromatic heterocycles. The Kier molecular flexibility index (Phi) is 9.16. The van der Waals surface area contributed by atoms with E-state index in [1.807, 2.05) is 38.1 Å². The summed E-state index contributed by atoms with van der Waals surface area (Å²) in [5.74, 6) is 1.06. The standard InChI is InChI=1S/C37H49N3O2/c1-29(2)42-35-12-8-9-30(25-35)26-36(41)40-24-18-37(28-40,33-14-13-31-10-4-5-11-32(31)27-33)17-23-38-21-15-34(16-22-38)39-19-6-3-7-20-39/h4-5,8-14,25,27,29,34H,3,6-7,15-24,26,28H2,1-2H3. The number of rotatable bonds is 9. The summed E-state index contributed by atoms with van der Waals surface area (Å²) in [7, 11) is 0. The molecule has 3 saturated heterocycles. The van der Waals surface area contributed by atoms with Gasteiger partial charge in [0.15, 0.2) is 0 Å². The maximum atomic E-state index is 13.6. The van der Waals surface area contributed by atoms with Crippen LogP contribution in [-0.2, 0) is 16.6 Å². The van der Waals surface area contributed by atoms with E-state index in [1.165, 1.54) is 74.6 Å². The van der Waals surface area contributed by atoms with Crippen molar-refractivity contribution in [2.75, 3.05) is 45.8 Å². The molecule has 1 unspecified atom stereocenters. The second kappa shape index (κ2) is 13.2. The molecule has 3 aromatic rings. The van der Waals surface area contributed by atoms with Crippen LogP contribution in [0.4, 0.5) is 0 Å². The minimum atomic E-state index is -0.00792. The monoisotopic (exact) mass is 567 g/mol. The predicted molar refractivity (Wildman–Crippen MR) is 172 cm³/mol. The number of ether oxygens (including phenoxy) is 1. The highest BCUT2D eigenvalue weighted by Gasteiger charge is 2.41. The average Bonchev–Trinajstić information content (AvgIpc) is 3.46. The first-order valence-electron chi connectivity index (χ1n) is 16.5. The van der Waals surface area contributed by atoms with Gasteiger partial charge in [-0.25, -0.2) is 0 Å². The zero-order valence-electron chi connectivity index (χ0n) is 25.8. The first-order valence-corrected chi connectivity index (χ1v) is 16.5. The van der Waals surface area contributed by atoms with Gasteiger partial charge in [0.2, 0.25) is 5.91 Å². The summed E-state index contributed by atoms with van der Waals surface area (Å²) in [5.41, 5.74) is 2.41. The van der Waals surface area contributed by atoms with Crippen LogP contribution in [-0.4, -0.2) is 78.6 Å². The molecule has 0 aliphatic carbocycles. The van der Waals surface area contributed by atoms with Crippen LogP contribution in [0.2, 0.25) is 0 Å². The fraction of sp³-hybridized carbons (Fsp3) is 0.541. The Morgan fingerprint density at radius 1 is 0.881 bits per heavy atom. The largest absolute Gasteiger partial charge is 0.491 e. The van der Waals surface area contributed by atoms with Crippen molar-refractivity contribution in [1.29, 1.82) is 0 Å². The molecule has 5 nitrogen and oxygen atoms in total. The molecule has 0 bridgehead atoms. The van der Waals surface area contributed by atoms with Crippen LogP contribution in [0.25, 0.3) is 10.8 Å². The van der Waals surface area contributed by atoms with Gasteiger partial charge in [-0.05, 0) is 119 Å². The Bertz CT molecular complexity index is 1340. The zero-order chi connectivity index (χ0) is 28.9. The van der Waals surface area contributed by atoms with Gasteiger partial charge in [0.1, 0.15) is 5.75 Å². The molecule has 1 amide bonds. The normalized spacial score (nSPS) is 22.7. The van der Waals surface area contributed by atoms with Gasteiger partial charge in [-0.15, -0.1) is 0 Å². The van der Waals surface area contributed by atoms with Crippen molar-refractivity contribution >= 4 is 16.7 Å². The third-order valence-electron chi connectivity index (χ3n) is 10.1. The maximum Gasteiger partial charge on any atom is 0.227 e. The van der Waals surface area contributed by atoms with Crippen LogP contribution in [0.15, 0.2) is 66.7 Å². The van der Waals surface area contributed by atoms with Crippen molar-refractivity contribution in [2.24, 2.45) is 0 Å². The van der Waals surface area contributed by atoms with Crippen molar-refractivity contribution in [3.8, 4) is 5.75 Å². The Labute approximate surface area is 252 Å². The first-order chi connectivity index (χ1) is 20.5. The van der Waals surface area contributed by atoms with E-state index in [0.717, 1.165) is 49.8 Å². The molecular weight excluding hydrogens is 518 g/mol. The Morgan fingerprint density at radius 3 is 2.45 bits per heavy atom. The lowest BCUT2D eigenvalue weighted by Crippen LogP contribution is -2.47. The fourth-order valence-corrected chi connectivity index (χ4v) is 7.64. The molecule has 224 valence electrons. The quantitative estimate of drug-likeness (QED) is 0.289. The smallest absolute Gasteiger partial charge is 0.227 e. The summed E-state index contributed by atoms with van der Waals surface area (Å²) in [5, 5.41) is 2.58. The molecule has 3 heterocycles. The van der Waals surface area contributed by atoms with Crippen LogP contribution in [0.3, 0.4) is 0 Å². The lowest BCUT2D eigenvalue weighted by Gasteiger charge is -2.41. The molecule has 1 atom stereocenters. The molecule has 0 saturated carbocycles. The molecule has 3 aliphatic rings. The molecule has 3 aliphatic heterocycles. The van der Waals surface area contributed by atoms with Crippen molar-refractivity contribution < 1.29 is 9.53 Å². The minimum absolute atomic E-state index is 0.00792. The van der Waals surface area contributed by atoms with Crippen molar-refractivity contribution in [2.45, 2.75) is 82.8 Å². The van der Waals surface area contributed by atoms with Crippen LogP contribution in [0, 0.1) is 0 Å². The zero-order valence-corrected chi connectivity index (χ0v) is 25.8. The highest BCUT2D eigenvalue weighted by Crippen LogP contribution is 2.40. The highest BCUT2D eigenvalue weighted by atomic mass is 16.5. The summed E-state index contributed by atoms with van der Waals surface area (Å²) < 4.78 is 5.89. The summed E-state index contributed by atoms with van der Waals surface area (Å²) >= 11 is 0. The van der Waals surface area contributed by atoms with Gasteiger partial charge >= 0.3 is 0 Å². The van der Waals surface area contributed by atoms with Crippen molar-refractivity contribution in [3.05, 3.63) is 77.9 Å². The van der Waals surface area contributed by atoms with Gasteiger partial charge in [-0.3, -0.25) is 4.79 Å². The molecule has 3 aromatic carbocycles. The minimum Gasteiger partial charge on any atom is -0.491 e. The van der Waals surface area contributed by atoms with E-state index in [0.29, 0.717) is 6.42 Å². The number of hydrogen-bond donors (Lipinski definition) is 0. The first kappa shape index (κ1) is 29.2. The van der Waals surface area contributed by atoms with E-state index >= 15 is 0 Å². The molecule has 5 heteroatoms. The third-order valence-corrected chi connectivity index (χ3v) is 10.1.